The molecule has 0 spiro atoms. The minimum absolute atomic E-state index is 0.0315. The molecule has 4 atom stereocenters. The molecule has 0 radical (unpaired) electrons. The van der Waals surface area contributed by atoms with Crippen LogP contribution in [0, 0.1) is 0 Å². The van der Waals surface area contributed by atoms with Gasteiger partial charge in [0.2, 0.25) is 5.88 Å². The third kappa shape index (κ3) is 2.76. The predicted molar refractivity (Wildman–Crippen MR) is 102 cm³/mol. The highest BCUT2D eigenvalue weighted by molar-refractivity contribution is 5.99. The Balaban J connectivity index is 1.55. The Labute approximate surface area is 168 Å². The van der Waals surface area contributed by atoms with Gasteiger partial charge in [-0.3, -0.25) is 4.79 Å². The molecule has 5 heterocycles. The molecule has 0 saturated carbocycles. The van der Waals surface area contributed by atoms with Crippen molar-refractivity contribution in [2.75, 3.05) is 20.3 Å². The lowest BCUT2D eigenvalue weighted by atomic mass is 10.1. The van der Waals surface area contributed by atoms with Crippen molar-refractivity contribution in [2.24, 2.45) is 0 Å². The third-order valence-electron chi connectivity index (χ3n) is 5.96. The van der Waals surface area contributed by atoms with Gasteiger partial charge in [-0.25, -0.2) is 9.97 Å². The molecule has 9 nitrogen and oxygen atoms in total. The minimum atomic E-state index is -0.618. The first-order chi connectivity index (χ1) is 14.0. The molecule has 0 aliphatic carbocycles. The van der Waals surface area contributed by atoms with Crippen LogP contribution in [0.25, 0.3) is 11.4 Å². The quantitative estimate of drug-likeness (QED) is 0.818. The summed E-state index contributed by atoms with van der Waals surface area (Å²) in [5, 5.41) is 10.0. The van der Waals surface area contributed by atoms with E-state index in [2.05, 4.69) is 9.97 Å². The molecular formula is C20H24N4O5. The van der Waals surface area contributed by atoms with E-state index in [4.69, 9.17) is 14.2 Å². The molecule has 0 bridgehead atoms. The molecule has 154 valence electrons. The van der Waals surface area contributed by atoms with Gasteiger partial charge in [-0.1, -0.05) is 0 Å². The number of ether oxygens (including phenoxy) is 3. The summed E-state index contributed by atoms with van der Waals surface area (Å²) in [4.78, 5) is 23.8. The van der Waals surface area contributed by atoms with E-state index in [9.17, 15) is 9.90 Å². The molecule has 2 aromatic rings. The molecule has 0 aromatic carbocycles. The number of carbonyl (C=O) groups is 1. The van der Waals surface area contributed by atoms with E-state index in [0.29, 0.717) is 41.7 Å². The number of carbonyl (C=O) groups excluding carboxylic acids is 1. The molecule has 3 aliphatic heterocycles. The number of fused-ring (bicyclic) bond motifs is 2. The van der Waals surface area contributed by atoms with Crippen LogP contribution >= 0.6 is 0 Å². The van der Waals surface area contributed by atoms with Gasteiger partial charge in [0.1, 0.15) is 24.1 Å². The zero-order valence-electron chi connectivity index (χ0n) is 16.6. The number of aromatic nitrogens is 3. The molecule has 2 fully saturated rings. The van der Waals surface area contributed by atoms with Gasteiger partial charge in [-0.15, -0.1) is 0 Å². The maximum atomic E-state index is 12.8. The monoisotopic (exact) mass is 400 g/mol. The standard InChI is InChI=1S/C20H24N4O5/c1-10(2)24-7-13-11(20(24)26)6-12(19(22-13)27-3)18-21-4-5-23(18)14-8-28-17-15(25)9-29-16(14)17/h4-6,10,14-17,25H,7-9H2,1-3H3/t14-,15+,16+,17+/m0/s1. The Morgan fingerprint density at radius 2 is 2.03 bits per heavy atom. The summed E-state index contributed by atoms with van der Waals surface area (Å²) in [5.74, 6) is 1.03. The second-order valence-electron chi connectivity index (χ2n) is 7.95. The topological polar surface area (TPSA) is 98.9 Å². The van der Waals surface area contributed by atoms with Gasteiger partial charge >= 0.3 is 0 Å². The number of hydrogen-bond acceptors (Lipinski definition) is 7. The molecular weight excluding hydrogens is 376 g/mol. The van der Waals surface area contributed by atoms with Crippen molar-refractivity contribution in [3.8, 4) is 17.3 Å². The molecule has 3 aliphatic rings. The first kappa shape index (κ1) is 18.5. The first-order valence-corrected chi connectivity index (χ1v) is 9.83. The van der Waals surface area contributed by atoms with Crippen LogP contribution in [-0.2, 0) is 16.0 Å². The van der Waals surface area contributed by atoms with Gasteiger partial charge in [-0.05, 0) is 19.9 Å². The minimum Gasteiger partial charge on any atom is -0.480 e. The van der Waals surface area contributed by atoms with Crippen molar-refractivity contribution in [1.82, 2.24) is 19.4 Å². The average molecular weight is 400 g/mol. The summed E-state index contributed by atoms with van der Waals surface area (Å²) in [5.41, 5.74) is 1.95. The van der Waals surface area contributed by atoms with Gasteiger partial charge in [0.25, 0.3) is 5.91 Å². The Hall–Kier alpha value is -2.49. The Kier molecular flexibility index (Phi) is 4.34. The summed E-state index contributed by atoms with van der Waals surface area (Å²) < 4.78 is 19.1. The summed E-state index contributed by atoms with van der Waals surface area (Å²) in [6.07, 6.45) is 2.35. The smallest absolute Gasteiger partial charge is 0.256 e. The van der Waals surface area contributed by atoms with Gasteiger partial charge in [0.15, 0.2) is 0 Å². The van der Waals surface area contributed by atoms with E-state index in [1.807, 2.05) is 30.7 Å². The van der Waals surface area contributed by atoms with Crippen molar-refractivity contribution >= 4 is 5.91 Å². The summed E-state index contributed by atoms with van der Waals surface area (Å²) in [7, 11) is 1.56. The van der Waals surface area contributed by atoms with Crippen molar-refractivity contribution in [1.29, 1.82) is 0 Å². The number of aliphatic hydroxyl groups excluding tert-OH is 1. The van der Waals surface area contributed by atoms with E-state index < -0.39 is 6.10 Å². The maximum absolute atomic E-state index is 12.8. The highest BCUT2D eigenvalue weighted by Crippen LogP contribution is 2.39. The number of hydrogen-bond donors (Lipinski definition) is 1. The van der Waals surface area contributed by atoms with Gasteiger partial charge in [0.05, 0.1) is 49.7 Å². The van der Waals surface area contributed by atoms with Crippen molar-refractivity contribution in [3.63, 3.8) is 0 Å². The Morgan fingerprint density at radius 3 is 2.79 bits per heavy atom. The zero-order valence-corrected chi connectivity index (χ0v) is 16.6. The lowest BCUT2D eigenvalue weighted by Gasteiger charge is -2.20. The van der Waals surface area contributed by atoms with Crippen LogP contribution in [0.3, 0.4) is 0 Å². The fourth-order valence-corrected chi connectivity index (χ4v) is 4.45. The number of amides is 1. The fourth-order valence-electron chi connectivity index (χ4n) is 4.45. The largest absolute Gasteiger partial charge is 0.480 e. The molecule has 2 aromatic heterocycles. The van der Waals surface area contributed by atoms with Crippen LogP contribution in [-0.4, -0.2) is 75.1 Å². The summed E-state index contributed by atoms with van der Waals surface area (Å²) >= 11 is 0. The number of aliphatic hydroxyl groups is 1. The molecule has 1 N–H and O–H groups in total. The molecule has 0 unspecified atom stereocenters. The predicted octanol–water partition coefficient (Wildman–Crippen LogP) is 1.02. The van der Waals surface area contributed by atoms with Crippen molar-refractivity contribution in [3.05, 3.63) is 29.7 Å². The van der Waals surface area contributed by atoms with Crippen molar-refractivity contribution in [2.45, 2.75) is 50.8 Å². The highest BCUT2D eigenvalue weighted by atomic mass is 16.6. The first-order valence-electron chi connectivity index (χ1n) is 9.83. The van der Waals surface area contributed by atoms with Crippen LogP contribution < -0.4 is 4.74 Å². The number of rotatable bonds is 4. The lowest BCUT2D eigenvalue weighted by Crippen LogP contribution is -2.30. The molecule has 9 heteroatoms. The summed E-state index contributed by atoms with van der Waals surface area (Å²) in [6.45, 7) is 5.13. The second kappa shape index (κ2) is 6.79. The van der Waals surface area contributed by atoms with E-state index in [-0.39, 0.29) is 36.8 Å². The second-order valence-corrected chi connectivity index (χ2v) is 7.95. The van der Waals surface area contributed by atoms with Crippen LogP contribution in [0.5, 0.6) is 5.88 Å². The van der Waals surface area contributed by atoms with Crippen molar-refractivity contribution < 1.29 is 24.1 Å². The van der Waals surface area contributed by atoms with Crippen LogP contribution in [0.15, 0.2) is 18.5 Å². The maximum Gasteiger partial charge on any atom is 0.256 e. The SMILES string of the molecule is COc1nc2c(cc1-c1nccn1[C@H]1CO[C@H]3[C@@H]1OC[C@H]3O)C(=O)N(C(C)C)C2. The average Bonchev–Trinajstić information content (AvgIpc) is 3.46. The number of imidazole rings is 1. The fraction of sp³-hybridized carbons (Fsp3) is 0.550. The van der Waals surface area contributed by atoms with Gasteiger partial charge in [-0.2, -0.15) is 0 Å². The number of pyridine rings is 1. The highest BCUT2D eigenvalue weighted by Gasteiger charge is 2.48. The van der Waals surface area contributed by atoms with E-state index in [1.165, 1.54) is 0 Å². The third-order valence-corrected chi connectivity index (χ3v) is 5.96. The number of nitrogens with zero attached hydrogens (tertiary/aromatic N) is 4. The van der Waals surface area contributed by atoms with E-state index >= 15 is 0 Å². The Bertz CT molecular complexity index is 958. The van der Waals surface area contributed by atoms with Crippen LogP contribution in [0.4, 0.5) is 0 Å². The molecule has 5 rings (SSSR count). The van der Waals surface area contributed by atoms with Crippen LogP contribution in [0.1, 0.15) is 35.9 Å². The zero-order chi connectivity index (χ0) is 20.3. The number of methoxy groups -OCH3 is 1. The van der Waals surface area contributed by atoms with Gasteiger partial charge < -0.3 is 28.8 Å². The summed E-state index contributed by atoms with van der Waals surface area (Å²) in [6, 6.07) is 1.78. The lowest BCUT2D eigenvalue weighted by molar-refractivity contribution is 0.0172. The normalized spacial score (nSPS) is 28.3. The van der Waals surface area contributed by atoms with E-state index in [1.54, 1.807) is 18.2 Å². The molecule has 2 saturated heterocycles. The van der Waals surface area contributed by atoms with Crippen LogP contribution in [0.2, 0.25) is 0 Å². The Morgan fingerprint density at radius 1 is 1.24 bits per heavy atom. The molecule has 1 amide bonds. The molecule has 29 heavy (non-hydrogen) atoms. The van der Waals surface area contributed by atoms with Gasteiger partial charge in [0, 0.05) is 18.4 Å². The van der Waals surface area contributed by atoms with E-state index in [0.717, 1.165) is 0 Å².